The van der Waals surface area contributed by atoms with Crippen molar-refractivity contribution in [1.29, 1.82) is 0 Å². The van der Waals surface area contributed by atoms with E-state index >= 15 is 0 Å². The quantitative estimate of drug-likeness (QED) is 0.838. The van der Waals surface area contributed by atoms with Crippen LogP contribution in [0.5, 0.6) is 5.75 Å². The van der Waals surface area contributed by atoms with Gasteiger partial charge in [0.25, 0.3) is 0 Å². The van der Waals surface area contributed by atoms with Crippen LogP contribution in [0.1, 0.15) is 25.3 Å². The van der Waals surface area contributed by atoms with E-state index in [1.807, 2.05) is 0 Å². The van der Waals surface area contributed by atoms with Crippen molar-refractivity contribution in [2.24, 2.45) is 5.92 Å². The molecule has 0 N–H and O–H groups in total. The Kier molecular flexibility index (Phi) is 4.53. The second-order valence-electron chi connectivity index (χ2n) is 5.12. The highest BCUT2D eigenvalue weighted by Crippen LogP contribution is 2.22. The van der Waals surface area contributed by atoms with E-state index in [4.69, 9.17) is 4.74 Å². The monoisotopic (exact) mass is 265 g/mol. The van der Waals surface area contributed by atoms with Gasteiger partial charge in [0.15, 0.2) is 0 Å². The van der Waals surface area contributed by atoms with Crippen LogP contribution >= 0.6 is 0 Å². The molecule has 0 unspecified atom stereocenters. The van der Waals surface area contributed by atoms with Crippen LogP contribution in [0.2, 0.25) is 0 Å². The van der Waals surface area contributed by atoms with Gasteiger partial charge in [0.2, 0.25) is 0 Å². The second-order valence-corrected chi connectivity index (χ2v) is 5.12. The fraction of sp³-hybridized carbons (Fsp3) is 0.533. The number of hydrogen-bond donors (Lipinski definition) is 0. The molecular formula is C15H20FNO2. The van der Waals surface area contributed by atoms with Gasteiger partial charge in [0.1, 0.15) is 17.3 Å². The molecule has 1 saturated heterocycles. The van der Waals surface area contributed by atoms with Crippen LogP contribution in [0, 0.1) is 11.7 Å². The highest BCUT2D eigenvalue weighted by Gasteiger charge is 2.22. The maximum Gasteiger partial charge on any atom is 0.133 e. The molecule has 1 aromatic rings. The van der Waals surface area contributed by atoms with Crippen LogP contribution in [0.15, 0.2) is 18.2 Å². The van der Waals surface area contributed by atoms with Gasteiger partial charge in [0.05, 0.1) is 7.11 Å². The lowest BCUT2D eigenvalue weighted by Crippen LogP contribution is -2.35. The molecule has 1 fully saturated rings. The molecule has 0 spiro atoms. The Morgan fingerprint density at radius 1 is 1.42 bits per heavy atom. The third-order valence-electron chi connectivity index (χ3n) is 3.82. The third-order valence-corrected chi connectivity index (χ3v) is 3.82. The number of carbonyl (C=O) groups is 1. The summed E-state index contributed by atoms with van der Waals surface area (Å²) in [4.78, 5) is 13.5. The minimum atomic E-state index is -0.229. The molecule has 1 aliphatic rings. The summed E-state index contributed by atoms with van der Waals surface area (Å²) in [6.07, 6.45) is 1.76. The van der Waals surface area contributed by atoms with Gasteiger partial charge in [0, 0.05) is 24.1 Å². The number of likely N-dealkylation sites (tertiary alicyclic amines) is 1. The van der Waals surface area contributed by atoms with Gasteiger partial charge in [-0.05, 0) is 38.9 Å². The van der Waals surface area contributed by atoms with Crippen molar-refractivity contribution < 1.29 is 13.9 Å². The summed E-state index contributed by atoms with van der Waals surface area (Å²) in [5.74, 6) is 0.775. The number of carbonyl (C=O) groups excluding carboxylic acids is 1. The molecule has 1 aliphatic heterocycles. The Morgan fingerprint density at radius 2 is 2.11 bits per heavy atom. The molecule has 19 heavy (non-hydrogen) atoms. The maximum atomic E-state index is 13.8. The first-order chi connectivity index (χ1) is 9.10. The van der Waals surface area contributed by atoms with Gasteiger partial charge in [-0.1, -0.05) is 6.07 Å². The second kappa shape index (κ2) is 6.15. The van der Waals surface area contributed by atoms with Crippen LogP contribution in [0.4, 0.5) is 4.39 Å². The van der Waals surface area contributed by atoms with E-state index in [9.17, 15) is 9.18 Å². The average molecular weight is 265 g/mol. The molecule has 0 aromatic heterocycles. The van der Waals surface area contributed by atoms with E-state index in [1.165, 1.54) is 13.2 Å². The average Bonchev–Trinajstić information content (AvgIpc) is 2.41. The number of halogens is 1. The first-order valence-corrected chi connectivity index (χ1v) is 6.65. The summed E-state index contributed by atoms with van der Waals surface area (Å²) >= 11 is 0. The van der Waals surface area contributed by atoms with Crippen molar-refractivity contribution in [2.75, 3.05) is 20.2 Å². The van der Waals surface area contributed by atoms with Crippen molar-refractivity contribution >= 4 is 5.78 Å². The summed E-state index contributed by atoms with van der Waals surface area (Å²) in [5.41, 5.74) is 0.682. The summed E-state index contributed by atoms with van der Waals surface area (Å²) < 4.78 is 18.8. The molecule has 0 amide bonds. The van der Waals surface area contributed by atoms with Crippen LogP contribution in [0.25, 0.3) is 0 Å². The SMILES string of the molecule is COc1ccc(CN2CCC(C(C)=O)CC2)c(F)c1. The van der Waals surface area contributed by atoms with Gasteiger partial charge < -0.3 is 4.74 Å². The molecule has 0 radical (unpaired) electrons. The van der Waals surface area contributed by atoms with E-state index < -0.39 is 0 Å². The molecule has 4 heteroatoms. The summed E-state index contributed by atoms with van der Waals surface area (Å²) in [6.45, 7) is 3.97. The van der Waals surface area contributed by atoms with E-state index in [0.717, 1.165) is 25.9 Å². The Hall–Kier alpha value is -1.42. The Labute approximate surface area is 113 Å². The van der Waals surface area contributed by atoms with Crippen molar-refractivity contribution in [2.45, 2.75) is 26.3 Å². The van der Waals surface area contributed by atoms with Crippen LogP contribution in [0.3, 0.4) is 0 Å². The maximum absolute atomic E-state index is 13.8. The first kappa shape index (κ1) is 14.0. The van der Waals surface area contributed by atoms with Crippen LogP contribution in [-0.4, -0.2) is 30.9 Å². The van der Waals surface area contributed by atoms with Gasteiger partial charge in [-0.15, -0.1) is 0 Å². The van der Waals surface area contributed by atoms with Gasteiger partial charge >= 0.3 is 0 Å². The van der Waals surface area contributed by atoms with Gasteiger partial charge in [-0.2, -0.15) is 0 Å². The number of piperidine rings is 1. The van der Waals surface area contributed by atoms with Crippen molar-refractivity contribution in [3.63, 3.8) is 0 Å². The fourth-order valence-electron chi connectivity index (χ4n) is 2.52. The highest BCUT2D eigenvalue weighted by molar-refractivity contribution is 5.78. The predicted molar refractivity (Wildman–Crippen MR) is 71.6 cm³/mol. The number of hydrogen-bond acceptors (Lipinski definition) is 3. The lowest BCUT2D eigenvalue weighted by atomic mass is 9.93. The molecule has 0 aliphatic carbocycles. The highest BCUT2D eigenvalue weighted by atomic mass is 19.1. The Bertz CT molecular complexity index is 453. The predicted octanol–water partition coefficient (Wildman–Crippen LogP) is 2.64. The van der Waals surface area contributed by atoms with E-state index in [1.54, 1.807) is 19.1 Å². The molecule has 0 bridgehead atoms. The smallest absolute Gasteiger partial charge is 0.133 e. The van der Waals surface area contributed by atoms with Crippen molar-refractivity contribution in [1.82, 2.24) is 4.90 Å². The van der Waals surface area contributed by atoms with Gasteiger partial charge in [-0.25, -0.2) is 4.39 Å². The van der Waals surface area contributed by atoms with E-state index in [-0.39, 0.29) is 17.5 Å². The van der Waals surface area contributed by atoms with Gasteiger partial charge in [-0.3, -0.25) is 9.69 Å². The zero-order chi connectivity index (χ0) is 13.8. The summed E-state index contributed by atoms with van der Waals surface area (Å²) in [6, 6.07) is 4.96. The normalized spacial score (nSPS) is 17.4. The lowest BCUT2D eigenvalue weighted by Gasteiger charge is -2.30. The minimum absolute atomic E-state index is 0.192. The van der Waals surface area contributed by atoms with Crippen LogP contribution in [-0.2, 0) is 11.3 Å². The minimum Gasteiger partial charge on any atom is -0.497 e. The number of ketones is 1. The number of Topliss-reactive ketones (excluding diaryl/α,β-unsaturated/α-hetero) is 1. The lowest BCUT2D eigenvalue weighted by molar-refractivity contribution is -0.122. The van der Waals surface area contributed by atoms with E-state index in [0.29, 0.717) is 17.9 Å². The summed E-state index contributed by atoms with van der Waals surface area (Å²) in [5, 5.41) is 0. The largest absolute Gasteiger partial charge is 0.497 e. The molecule has 0 atom stereocenters. The Morgan fingerprint density at radius 3 is 2.63 bits per heavy atom. The number of nitrogens with zero attached hydrogens (tertiary/aromatic N) is 1. The molecule has 3 nitrogen and oxygen atoms in total. The zero-order valence-electron chi connectivity index (χ0n) is 11.5. The zero-order valence-corrected chi connectivity index (χ0v) is 11.5. The molecule has 2 rings (SSSR count). The molecule has 1 aromatic carbocycles. The number of ether oxygens (including phenoxy) is 1. The topological polar surface area (TPSA) is 29.5 Å². The first-order valence-electron chi connectivity index (χ1n) is 6.65. The molecule has 0 saturated carbocycles. The summed E-state index contributed by atoms with van der Waals surface area (Å²) in [7, 11) is 1.53. The number of benzene rings is 1. The van der Waals surface area contributed by atoms with Crippen LogP contribution < -0.4 is 4.74 Å². The Balaban J connectivity index is 1.94. The fourth-order valence-corrected chi connectivity index (χ4v) is 2.52. The molecular weight excluding hydrogens is 245 g/mol. The third kappa shape index (κ3) is 3.53. The van der Waals surface area contributed by atoms with Crippen molar-refractivity contribution in [3.8, 4) is 5.75 Å². The van der Waals surface area contributed by atoms with Crippen molar-refractivity contribution in [3.05, 3.63) is 29.6 Å². The number of methoxy groups -OCH3 is 1. The standard InChI is InChI=1S/C15H20FNO2/c1-11(18)12-5-7-17(8-6-12)10-13-3-4-14(19-2)9-15(13)16/h3-4,9,12H,5-8,10H2,1-2H3. The molecule has 1 heterocycles. The number of rotatable bonds is 4. The molecule has 104 valence electrons. The van der Waals surface area contributed by atoms with E-state index in [2.05, 4.69) is 4.90 Å².